The van der Waals surface area contributed by atoms with E-state index < -0.39 is 0 Å². The summed E-state index contributed by atoms with van der Waals surface area (Å²) in [6.45, 7) is 1.78. The average molecular weight is 294 g/mol. The summed E-state index contributed by atoms with van der Waals surface area (Å²) in [5.74, 6) is 0.166. The fourth-order valence-electron chi connectivity index (χ4n) is 2.97. The molecule has 1 saturated heterocycles. The Kier molecular flexibility index (Phi) is 4.42. The maximum atomic E-state index is 12.6. The van der Waals surface area contributed by atoms with Crippen molar-refractivity contribution >= 4 is 11.6 Å². The van der Waals surface area contributed by atoms with E-state index in [9.17, 15) is 4.79 Å². The number of hydrogen-bond acceptors (Lipinski definition) is 2. The van der Waals surface area contributed by atoms with Crippen LogP contribution in [0.1, 0.15) is 40.7 Å². The van der Waals surface area contributed by atoms with Crippen molar-refractivity contribution in [1.82, 2.24) is 4.90 Å². The fourth-order valence-corrected chi connectivity index (χ4v) is 2.97. The minimum atomic E-state index is 0.166. The van der Waals surface area contributed by atoms with Crippen LogP contribution in [0.15, 0.2) is 48.5 Å². The van der Waals surface area contributed by atoms with Crippen LogP contribution in [-0.4, -0.2) is 23.9 Å². The van der Waals surface area contributed by atoms with E-state index in [-0.39, 0.29) is 5.91 Å². The van der Waals surface area contributed by atoms with Crippen molar-refractivity contribution in [3.63, 3.8) is 0 Å². The summed E-state index contributed by atoms with van der Waals surface area (Å²) in [6, 6.07) is 15.9. The third-order valence-electron chi connectivity index (χ3n) is 4.21. The molecule has 0 atom stereocenters. The van der Waals surface area contributed by atoms with Gasteiger partial charge in [-0.05, 0) is 61.1 Å². The molecular formula is C19H22N2O. The topological polar surface area (TPSA) is 46.3 Å². The smallest absolute Gasteiger partial charge is 0.253 e. The van der Waals surface area contributed by atoms with Crippen molar-refractivity contribution in [3.05, 3.63) is 65.2 Å². The molecule has 1 amide bonds. The molecule has 0 saturated carbocycles. The second-order valence-electron chi connectivity index (χ2n) is 5.97. The summed E-state index contributed by atoms with van der Waals surface area (Å²) in [7, 11) is 0. The van der Waals surface area contributed by atoms with E-state index in [0.717, 1.165) is 49.2 Å². The van der Waals surface area contributed by atoms with Gasteiger partial charge in [0.2, 0.25) is 0 Å². The standard InChI is InChI=1S/C19H22N2O/c20-18-9-7-15(8-10-18)13-16-5-4-6-17(14-16)19(22)21-11-2-1-3-12-21/h4-10,14H,1-3,11-13,20H2. The Morgan fingerprint density at radius 1 is 0.955 bits per heavy atom. The van der Waals surface area contributed by atoms with Gasteiger partial charge >= 0.3 is 0 Å². The van der Waals surface area contributed by atoms with Crippen molar-refractivity contribution in [1.29, 1.82) is 0 Å². The van der Waals surface area contributed by atoms with E-state index in [1.54, 1.807) is 0 Å². The summed E-state index contributed by atoms with van der Waals surface area (Å²) in [5.41, 5.74) is 9.66. The normalized spacial score (nSPS) is 14.8. The largest absolute Gasteiger partial charge is 0.399 e. The molecule has 3 nitrogen and oxygen atoms in total. The summed E-state index contributed by atoms with van der Waals surface area (Å²) in [4.78, 5) is 14.5. The number of amides is 1. The van der Waals surface area contributed by atoms with Crippen LogP contribution < -0.4 is 5.73 Å². The Morgan fingerprint density at radius 2 is 1.68 bits per heavy atom. The third kappa shape index (κ3) is 3.48. The first-order valence-corrected chi connectivity index (χ1v) is 7.95. The SMILES string of the molecule is Nc1ccc(Cc2cccc(C(=O)N3CCCCC3)c2)cc1. The third-order valence-corrected chi connectivity index (χ3v) is 4.21. The van der Waals surface area contributed by atoms with Crippen LogP contribution in [0.5, 0.6) is 0 Å². The first-order valence-electron chi connectivity index (χ1n) is 7.95. The average Bonchev–Trinajstić information content (AvgIpc) is 2.57. The van der Waals surface area contributed by atoms with Crippen molar-refractivity contribution in [2.45, 2.75) is 25.7 Å². The quantitative estimate of drug-likeness (QED) is 0.881. The van der Waals surface area contributed by atoms with Crippen LogP contribution in [0.2, 0.25) is 0 Å². The number of piperidine rings is 1. The van der Waals surface area contributed by atoms with E-state index in [1.807, 2.05) is 47.4 Å². The van der Waals surface area contributed by atoms with E-state index >= 15 is 0 Å². The molecule has 22 heavy (non-hydrogen) atoms. The highest BCUT2D eigenvalue weighted by Crippen LogP contribution is 2.16. The molecule has 1 aliphatic rings. The summed E-state index contributed by atoms with van der Waals surface area (Å²) >= 11 is 0. The van der Waals surface area contributed by atoms with Gasteiger partial charge in [-0.15, -0.1) is 0 Å². The van der Waals surface area contributed by atoms with Gasteiger partial charge in [-0.25, -0.2) is 0 Å². The summed E-state index contributed by atoms with van der Waals surface area (Å²) in [5, 5.41) is 0. The zero-order chi connectivity index (χ0) is 15.4. The second-order valence-corrected chi connectivity index (χ2v) is 5.97. The fraction of sp³-hybridized carbons (Fsp3) is 0.316. The molecule has 114 valence electrons. The van der Waals surface area contributed by atoms with Gasteiger partial charge in [0.15, 0.2) is 0 Å². The zero-order valence-electron chi connectivity index (χ0n) is 12.8. The number of carbonyl (C=O) groups excluding carboxylic acids is 1. The number of benzene rings is 2. The number of nitrogens with zero attached hydrogens (tertiary/aromatic N) is 1. The predicted octanol–water partition coefficient (Wildman–Crippen LogP) is 3.49. The van der Waals surface area contributed by atoms with E-state index in [1.165, 1.54) is 12.0 Å². The minimum absolute atomic E-state index is 0.166. The molecule has 0 unspecified atom stereocenters. The van der Waals surface area contributed by atoms with Gasteiger partial charge < -0.3 is 10.6 Å². The monoisotopic (exact) mass is 294 g/mol. The molecule has 0 spiro atoms. The number of anilines is 1. The van der Waals surface area contributed by atoms with Gasteiger partial charge in [0.25, 0.3) is 5.91 Å². The van der Waals surface area contributed by atoms with E-state index in [4.69, 9.17) is 5.73 Å². The van der Waals surface area contributed by atoms with Crippen molar-refractivity contribution in [3.8, 4) is 0 Å². The van der Waals surface area contributed by atoms with Crippen LogP contribution in [0.3, 0.4) is 0 Å². The number of carbonyl (C=O) groups is 1. The lowest BCUT2D eigenvalue weighted by Crippen LogP contribution is -2.35. The van der Waals surface area contributed by atoms with Crippen molar-refractivity contribution in [2.24, 2.45) is 0 Å². The first kappa shape index (κ1) is 14.6. The molecule has 2 aromatic rings. The Balaban J connectivity index is 1.74. The molecule has 0 bridgehead atoms. The molecule has 1 fully saturated rings. The zero-order valence-corrected chi connectivity index (χ0v) is 12.8. The first-order chi connectivity index (χ1) is 10.7. The highest BCUT2D eigenvalue weighted by atomic mass is 16.2. The predicted molar refractivity (Wildman–Crippen MR) is 89.9 cm³/mol. The number of nitrogens with two attached hydrogens (primary N) is 1. The van der Waals surface area contributed by atoms with Gasteiger partial charge in [-0.3, -0.25) is 4.79 Å². The van der Waals surface area contributed by atoms with Crippen LogP contribution in [-0.2, 0) is 6.42 Å². The van der Waals surface area contributed by atoms with Crippen LogP contribution in [0.25, 0.3) is 0 Å². The lowest BCUT2D eigenvalue weighted by Gasteiger charge is -2.26. The van der Waals surface area contributed by atoms with Crippen molar-refractivity contribution in [2.75, 3.05) is 18.8 Å². The molecule has 0 aromatic heterocycles. The van der Waals surface area contributed by atoms with E-state index in [2.05, 4.69) is 6.07 Å². The Bertz CT molecular complexity index is 643. The molecular weight excluding hydrogens is 272 g/mol. The Morgan fingerprint density at radius 3 is 2.41 bits per heavy atom. The molecule has 3 rings (SSSR count). The van der Waals surface area contributed by atoms with Gasteiger partial charge in [-0.2, -0.15) is 0 Å². The van der Waals surface area contributed by atoms with Gasteiger partial charge in [0.1, 0.15) is 0 Å². The van der Waals surface area contributed by atoms with Gasteiger partial charge in [0, 0.05) is 24.3 Å². The molecule has 2 N–H and O–H groups in total. The Labute approximate surface area is 131 Å². The highest BCUT2D eigenvalue weighted by molar-refractivity contribution is 5.94. The molecule has 1 aliphatic heterocycles. The van der Waals surface area contributed by atoms with Crippen LogP contribution in [0, 0.1) is 0 Å². The summed E-state index contributed by atoms with van der Waals surface area (Å²) in [6.07, 6.45) is 4.30. The van der Waals surface area contributed by atoms with E-state index in [0.29, 0.717) is 0 Å². The molecule has 0 radical (unpaired) electrons. The van der Waals surface area contributed by atoms with Crippen LogP contribution >= 0.6 is 0 Å². The Hall–Kier alpha value is -2.29. The lowest BCUT2D eigenvalue weighted by atomic mass is 10.0. The van der Waals surface area contributed by atoms with Crippen LogP contribution in [0.4, 0.5) is 5.69 Å². The lowest BCUT2D eigenvalue weighted by molar-refractivity contribution is 0.0724. The maximum absolute atomic E-state index is 12.6. The maximum Gasteiger partial charge on any atom is 0.253 e. The number of likely N-dealkylation sites (tertiary alicyclic amines) is 1. The molecule has 1 heterocycles. The molecule has 3 heteroatoms. The highest BCUT2D eigenvalue weighted by Gasteiger charge is 2.18. The number of rotatable bonds is 3. The van der Waals surface area contributed by atoms with Gasteiger partial charge in [-0.1, -0.05) is 24.3 Å². The molecule has 0 aliphatic carbocycles. The molecule has 2 aromatic carbocycles. The number of hydrogen-bond donors (Lipinski definition) is 1. The minimum Gasteiger partial charge on any atom is -0.399 e. The van der Waals surface area contributed by atoms with Gasteiger partial charge in [0.05, 0.1) is 0 Å². The van der Waals surface area contributed by atoms with Crippen molar-refractivity contribution < 1.29 is 4.79 Å². The number of nitrogen functional groups attached to an aromatic ring is 1. The summed E-state index contributed by atoms with van der Waals surface area (Å²) < 4.78 is 0. The second kappa shape index (κ2) is 6.65.